The van der Waals surface area contributed by atoms with Crippen LogP contribution >= 0.6 is 24.0 Å². The highest BCUT2D eigenvalue weighted by Crippen LogP contribution is 2.17. The van der Waals surface area contributed by atoms with E-state index < -0.39 is 0 Å². The molecule has 6 nitrogen and oxygen atoms in total. The second kappa shape index (κ2) is 9.22. The van der Waals surface area contributed by atoms with Gasteiger partial charge < -0.3 is 20.1 Å². The van der Waals surface area contributed by atoms with Gasteiger partial charge in [-0.3, -0.25) is 4.99 Å². The van der Waals surface area contributed by atoms with Crippen LogP contribution in [0.25, 0.3) is 11.0 Å². The second-order valence-corrected chi connectivity index (χ2v) is 6.62. The lowest BCUT2D eigenvalue weighted by molar-refractivity contribution is 0.380. The minimum absolute atomic E-state index is 0. The van der Waals surface area contributed by atoms with Gasteiger partial charge in [0.1, 0.15) is 5.82 Å². The number of rotatable bonds is 4. The number of hydrogen-bond acceptors (Lipinski definition) is 3. The van der Waals surface area contributed by atoms with Gasteiger partial charge in [0, 0.05) is 38.4 Å². The average molecular weight is 494 g/mol. The van der Waals surface area contributed by atoms with Gasteiger partial charge in [0.15, 0.2) is 5.96 Å². The molecule has 1 aliphatic heterocycles. The topological polar surface area (TPSA) is 62.7 Å². The molecular weight excluding hydrogens is 470 g/mol. The molecule has 0 saturated carbocycles. The molecule has 0 unspecified atom stereocenters. The number of benzene rings is 2. The number of guanidine groups is 1. The molecule has 1 saturated heterocycles. The molecule has 148 valence electrons. The van der Waals surface area contributed by atoms with Crippen LogP contribution in [0.4, 0.5) is 10.1 Å². The van der Waals surface area contributed by atoms with Crippen LogP contribution in [0.15, 0.2) is 59.9 Å². The Morgan fingerprint density at radius 2 is 1.75 bits per heavy atom. The molecule has 4 rings (SSSR count). The Labute approximate surface area is 180 Å². The lowest BCUT2D eigenvalue weighted by atomic mass is 10.2. The van der Waals surface area contributed by atoms with Gasteiger partial charge in [0.2, 0.25) is 0 Å². The molecule has 0 radical (unpaired) electrons. The summed E-state index contributed by atoms with van der Waals surface area (Å²) in [6, 6.07) is 14.7. The Balaban J connectivity index is 0.00000225. The molecule has 28 heavy (non-hydrogen) atoms. The van der Waals surface area contributed by atoms with Crippen molar-refractivity contribution in [2.24, 2.45) is 10.7 Å². The number of hydrogen-bond donors (Lipinski definition) is 1. The van der Waals surface area contributed by atoms with Gasteiger partial charge in [0.05, 0.1) is 23.9 Å². The minimum atomic E-state index is -0.209. The maximum Gasteiger partial charge on any atom is 0.191 e. The average Bonchev–Trinajstić information content (AvgIpc) is 3.12. The van der Waals surface area contributed by atoms with Crippen molar-refractivity contribution in [1.82, 2.24) is 14.5 Å². The molecule has 2 heterocycles. The molecule has 1 aromatic heterocycles. The van der Waals surface area contributed by atoms with Crippen molar-refractivity contribution in [1.29, 1.82) is 0 Å². The van der Waals surface area contributed by atoms with E-state index in [2.05, 4.69) is 30.4 Å². The first kappa shape index (κ1) is 20.4. The monoisotopic (exact) mass is 494 g/mol. The second-order valence-electron chi connectivity index (χ2n) is 6.62. The summed E-state index contributed by atoms with van der Waals surface area (Å²) in [6.07, 6.45) is 1.85. The molecule has 0 aliphatic carbocycles. The number of fused-ring (bicyclic) bond motifs is 1. The van der Waals surface area contributed by atoms with Crippen LogP contribution in [-0.4, -0.2) is 53.1 Å². The Bertz CT molecular complexity index is 931. The number of nitrogens with zero attached hydrogens (tertiary/aromatic N) is 5. The molecule has 0 atom stereocenters. The first-order chi connectivity index (χ1) is 13.2. The zero-order chi connectivity index (χ0) is 18.6. The number of nitrogens with two attached hydrogens (primary N) is 1. The number of para-hydroxylation sites is 2. The Hall–Kier alpha value is -2.36. The first-order valence-electron chi connectivity index (χ1n) is 9.16. The smallest absolute Gasteiger partial charge is 0.191 e. The van der Waals surface area contributed by atoms with E-state index in [1.807, 2.05) is 36.7 Å². The van der Waals surface area contributed by atoms with Crippen LogP contribution in [0, 0.1) is 5.82 Å². The van der Waals surface area contributed by atoms with Gasteiger partial charge in [-0.15, -0.1) is 24.0 Å². The largest absolute Gasteiger partial charge is 0.370 e. The molecule has 2 aromatic carbocycles. The molecule has 2 N–H and O–H groups in total. The summed E-state index contributed by atoms with van der Waals surface area (Å²) in [7, 11) is 0. The molecular formula is C20H24FIN6. The number of imidazole rings is 1. The molecule has 0 bridgehead atoms. The van der Waals surface area contributed by atoms with Crippen molar-refractivity contribution in [3.63, 3.8) is 0 Å². The number of halogens is 2. The fraction of sp³-hybridized carbons (Fsp3) is 0.300. The van der Waals surface area contributed by atoms with E-state index in [4.69, 9.17) is 5.73 Å². The summed E-state index contributed by atoms with van der Waals surface area (Å²) >= 11 is 0. The van der Waals surface area contributed by atoms with Crippen LogP contribution in [0.2, 0.25) is 0 Å². The summed E-state index contributed by atoms with van der Waals surface area (Å²) < 4.78 is 15.2. The minimum Gasteiger partial charge on any atom is -0.370 e. The molecule has 3 aromatic rings. The van der Waals surface area contributed by atoms with Crippen LogP contribution in [0.1, 0.15) is 0 Å². The fourth-order valence-corrected chi connectivity index (χ4v) is 3.41. The van der Waals surface area contributed by atoms with E-state index in [-0.39, 0.29) is 29.8 Å². The van der Waals surface area contributed by atoms with E-state index in [1.165, 1.54) is 12.1 Å². The number of aliphatic imine (C=N–C) groups is 1. The molecule has 8 heteroatoms. The Kier molecular flexibility index (Phi) is 6.71. The summed E-state index contributed by atoms with van der Waals surface area (Å²) in [5.41, 5.74) is 9.33. The summed E-state index contributed by atoms with van der Waals surface area (Å²) in [6.45, 7) is 4.66. The Morgan fingerprint density at radius 1 is 1.04 bits per heavy atom. The molecule has 0 spiro atoms. The van der Waals surface area contributed by atoms with Crippen molar-refractivity contribution in [2.45, 2.75) is 6.54 Å². The Morgan fingerprint density at radius 3 is 2.50 bits per heavy atom. The van der Waals surface area contributed by atoms with E-state index in [0.717, 1.165) is 49.4 Å². The highest BCUT2D eigenvalue weighted by atomic mass is 127. The van der Waals surface area contributed by atoms with Gasteiger partial charge in [0.25, 0.3) is 0 Å². The highest BCUT2D eigenvalue weighted by Gasteiger charge is 2.18. The van der Waals surface area contributed by atoms with Crippen molar-refractivity contribution in [2.75, 3.05) is 37.6 Å². The van der Waals surface area contributed by atoms with E-state index in [1.54, 1.807) is 0 Å². The summed E-state index contributed by atoms with van der Waals surface area (Å²) in [4.78, 5) is 13.3. The van der Waals surface area contributed by atoms with Gasteiger partial charge in [-0.25, -0.2) is 9.37 Å². The fourth-order valence-electron chi connectivity index (χ4n) is 3.41. The molecule has 0 amide bonds. The molecule has 1 fully saturated rings. The maximum atomic E-state index is 13.1. The third-order valence-electron chi connectivity index (χ3n) is 4.94. The van der Waals surface area contributed by atoms with Crippen molar-refractivity contribution < 1.29 is 4.39 Å². The van der Waals surface area contributed by atoms with Crippen molar-refractivity contribution in [3.05, 3.63) is 60.7 Å². The third-order valence-corrected chi connectivity index (χ3v) is 4.94. The van der Waals surface area contributed by atoms with Gasteiger partial charge in [-0.1, -0.05) is 12.1 Å². The lowest BCUT2D eigenvalue weighted by Gasteiger charge is -2.36. The van der Waals surface area contributed by atoms with Gasteiger partial charge in [-0.2, -0.15) is 0 Å². The standard InChI is InChI=1S/C20H23FN6.HI/c21-16-5-7-17(8-6-16)25-11-13-26(14-12-25)20(22)23-9-10-27-15-24-18-3-1-2-4-19(18)27;/h1-8,15H,9-14H2,(H2,22,23);1H. The predicted molar refractivity (Wildman–Crippen MR) is 122 cm³/mol. The van der Waals surface area contributed by atoms with Crippen LogP contribution < -0.4 is 10.6 Å². The lowest BCUT2D eigenvalue weighted by Crippen LogP contribution is -2.51. The van der Waals surface area contributed by atoms with Crippen LogP contribution in [0.3, 0.4) is 0 Å². The number of aromatic nitrogens is 2. The van der Waals surface area contributed by atoms with E-state index >= 15 is 0 Å². The van der Waals surface area contributed by atoms with Crippen LogP contribution in [-0.2, 0) is 6.54 Å². The summed E-state index contributed by atoms with van der Waals surface area (Å²) in [5, 5.41) is 0. The zero-order valence-corrected chi connectivity index (χ0v) is 17.9. The van der Waals surface area contributed by atoms with E-state index in [9.17, 15) is 4.39 Å². The van der Waals surface area contributed by atoms with Crippen LogP contribution in [0.5, 0.6) is 0 Å². The number of anilines is 1. The van der Waals surface area contributed by atoms with Crippen molar-refractivity contribution in [3.8, 4) is 0 Å². The first-order valence-corrected chi connectivity index (χ1v) is 9.16. The summed E-state index contributed by atoms with van der Waals surface area (Å²) in [5.74, 6) is 0.373. The molecule has 1 aliphatic rings. The van der Waals surface area contributed by atoms with Gasteiger partial charge in [-0.05, 0) is 36.4 Å². The normalized spacial score (nSPS) is 15.0. The predicted octanol–water partition coefficient (Wildman–Crippen LogP) is 2.93. The number of piperazine rings is 1. The highest BCUT2D eigenvalue weighted by molar-refractivity contribution is 14.0. The van der Waals surface area contributed by atoms with Gasteiger partial charge >= 0.3 is 0 Å². The van der Waals surface area contributed by atoms with Crippen molar-refractivity contribution >= 4 is 46.7 Å². The third kappa shape index (κ3) is 4.54. The quantitative estimate of drug-likeness (QED) is 0.344. The SMILES string of the molecule is I.NC(=NCCn1cnc2ccccc21)N1CCN(c2ccc(F)cc2)CC1. The maximum absolute atomic E-state index is 13.1. The zero-order valence-electron chi connectivity index (χ0n) is 15.5. The van der Waals surface area contributed by atoms with E-state index in [0.29, 0.717) is 12.5 Å².